The van der Waals surface area contributed by atoms with Crippen molar-refractivity contribution < 1.29 is 0 Å². The van der Waals surface area contributed by atoms with Crippen LogP contribution in [0.2, 0.25) is 0 Å². The molecule has 0 aliphatic carbocycles. The largest absolute Gasteiger partial charge is 0.320 e. The van der Waals surface area contributed by atoms with E-state index in [-0.39, 0.29) is 0 Å². The van der Waals surface area contributed by atoms with Gasteiger partial charge in [-0.2, -0.15) is 0 Å². The summed E-state index contributed by atoms with van der Waals surface area (Å²) < 4.78 is 0. The lowest BCUT2D eigenvalue weighted by molar-refractivity contribution is 0.149. The van der Waals surface area contributed by atoms with Gasteiger partial charge in [0.25, 0.3) is 0 Å². The monoisotopic (exact) mass is 198 g/mol. The first-order valence-electron chi connectivity index (χ1n) is 6.07. The summed E-state index contributed by atoms with van der Waals surface area (Å²) in [6.45, 7) is 9.54. The highest BCUT2D eigenvalue weighted by atomic mass is 15.2. The summed E-state index contributed by atoms with van der Waals surface area (Å²) in [5, 5.41) is 3.24. The van der Waals surface area contributed by atoms with Gasteiger partial charge in [-0.25, -0.2) is 0 Å². The minimum atomic E-state index is 0.748. The van der Waals surface area contributed by atoms with Crippen LogP contribution in [0.3, 0.4) is 0 Å². The van der Waals surface area contributed by atoms with Crippen molar-refractivity contribution in [3.8, 4) is 0 Å². The molecule has 1 heterocycles. The summed E-state index contributed by atoms with van der Waals surface area (Å²) in [6, 6.07) is 1.58. The Balaban J connectivity index is 2.40. The fourth-order valence-corrected chi connectivity index (χ4v) is 2.60. The van der Waals surface area contributed by atoms with Crippen LogP contribution in [0.4, 0.5) is 0 Å². The lowest BCUT2D eigenvalue weighted by Crippen LogP contribution is -2.41. The molecule has 0 aromatic rings. The third-order valence-electron chi connectivity index (χ3n) is 3.49. The summed E-state index contributed by atoms with van der Waals surface area (Å²) in [7, 11) is 2.04. The van der Waals surface area contributed by atoms with Crippen molar-refractivity contribution in [3.05, 3.63) is 0 Å². The van der Waals surface area contributed by atoms with Gasteiger partial charge in [-0.15, -0.1) is 0 Å². The number of hydrogen-bond donors (Lipinski definition) is 1. The molecule has 0 radical (unpaired) electrons. The zero-order valence-electron chi connectivity index (χ0n) is 10.2. The van der Waals surface area contributed by atoms with Crippen LogP contribution in [0.1, 0.15) is 40.0 Å². The van der Waals surface area contributed by atoms with Gasteiger partial charge in [-0.05, 0) is 52.2 Å². The summed E-state index contributed by atoms with van der Waals surface area (Å²) in [5.74, 6) is 0.814. The van der Waals surface area contributed by atoms with E-state index < -0.39 is 0 Å². The molecule has 2 unspecified atom stereocenters. The van der Waals surface area contributed by atoms with Gasteiger partial charge in [0.15, 0.2) is 0 Å². The van der Waals surface area contributed by atoms with Gasteiger partial charge < -0.3 is 5.32 Å². The molecule has 1 N–H and O–H groups in total. The van der Waals surface area contributed by atoms with Crippen LogP contribution in [0.15, 0.2) is 0 Å². The molecule has 0 aromatic heterocycles. The highest BCUT2D eigenvalue weighted by Crippen LogP contribution is 2.26. The van der Waals surface area contributed by atoms with Crippen molar-refractivity contribution in [2.75, 3.05) is 20.1 Å². The van der Waals surface area contributed by atoms with Gasteiger partial charge in [0.2, 0.25) is 0 Å². The van der Waals surface area contributed by atoms with E-state index in [9.17, 15) is 0 Å². The van der Waals surface area contributed by atoms with Gasteiger partial charge in [0, 0.05) is 12.1 Å². The maximum atomic E-state index is 3.24. The third kappa shape index (κ3) is 2.96. The number of rotatable bonds is 5. The summed E-state index contributed by atoms with van der Waals surface area (Å²) >= 11 is 0. The van der Waals surface area contributed by atoms with E-state index in [1.165, 1.54) is 25.8 Å². The standard InChI is InChI=1S/C12H26N2/c1-10(2)12-6-5-9-14(12)11(3)7-8-13-4/h10-13H,5-9H2,1-4H3. The first-order valence-corrected chi connectivity index (χ1v) is 6.07. The molecule has 1 fully saturated rings. The topological polar surface area (TPSA) is 15.3 Å². The molecule has 2 nitrogen and oxygen atoms in total. The number of hydrogen-bond acceptors (Lipinski definition) is 2. The Kier molecular flexibility index (Phi) is 4.90. The Morgan fingerprint density at radius 1 is 1.36 bits per heavy atom. The molecular weight excluding hydrogens is 172 g/mol. The van der Waals surface area contributed by atoms with Crippen molar-refractivity contribution in [1.82, 2.24) is 10.2 Å². The van der Waals surface area contributed by atoms with Crippen LogP contribution in [0, 0.1) is 5.92 Å². The number of likely N-dealkylation sites (tertiary alicyclic amines) is 1. The summed E-state index contributed by atoms with van der Waals surface area (Å²) in [4.78, 5) is 2.71. The second-order valence-corrected chi connectivity index (χ2v) is 4.93. The van der Waals surface area contributed by atoms with E-state index in [1.54, 1.807) is 0 Å². The molecule has 84 valence electrons. The van der Waals surface area contributed by atoms with Crippen LogP contribution >= 0.6 is 0 Å². The molecular formula is C12H26N2. The molecule has 0 amide bonds. The molecule has 1 aliphatic rings. The zero-order chi connectivity index (χ0) is 10.6. The highest BCUT2D eigenvalue weighted by Gasteiger charge is 2.29. The van der Waals surface area contributed by atoms with Crippen molar-refractivity contribution in [2.24, 2.45) is 5.92 Å². The fraction of sp³-hybridized carbons (Fsp3) is 1.00. The van der Waals surface area contributed by atoms with Crippen LogP contribution in [0.25, 0.3) is 0 Å². The van der Waals surface area contributed by atoms with E-state index in [0.29, 0.717) is 0 Å². The number of nitrogens with zero attached hydrogens (tertiary/aromatic N) is 1. The van der Waals surface area contributed by atoms with Crippen LogP contribution in [0.5, 0.6) is 0 Å². The normalized spacial score (nSPS) is 25.9. The minimum Gasteiger partial charge on any atom is -0.320 e. The average Bonchev–Trinajstić information content (AvgIpc) is 2.62. The molecule has 2 heteroatoms. The van der Waals surface area contributed by atoms with Crippen molar-refractivity contribution in [3.63, 3.8) is 0 Å². The molecule has 1 aliphatic heterocycles. The first kappa shape index (κ1) is 12.0. The molecule has 1 saturated heterocycles. The second-order valence-electron chi connectivity index (χ2n) is 4.93. The van der Waals surface area contributed by atoms with Gasteiger partial charge in [0.1, 0.15) is 0 Å². The van der Waals surface area contributed by atoms with Crippen molar-refractivity contribution in [1.29, 1.82) is 0 Å². The fourth-order valence-electron chi connectivity index (χ4n) is 2.60. The van der Waals surface area contributed by atoms with E-state index in [1.807, 2.05) is 7.05 Å². The molecule has 14 heavy (non-hydrogen) atoms. The summed E-state index contributed by atoms with van der Waals surface area (Å²) in [6.07, 6.45) is 4.08. The summed E-state index contributed by atoms with van der Waals surface area (Å²) in [5.41, 5.74) is 0. The Morgan fingerprint density at radius 2 is 2.07 bits per heavy atom. The van der Waals surface area contributed by atoms with Gasteiger partial charge in [-0.3, -0.25) is 4.90 Å². The van der Waals surface area contributed by atoms with E-state index in [2.05, 4.69) is 31.0 Å². The Labute approximate surface area is 89.1 Å². The molecule has 0 spiro atoms. The van der Waals surface area contributed by atoms with Crippen LogP contribution < -0.4 is 5.32 Å². The predicted octanol–water partition coefficient (Wildman–Crippen LogP) is 2.10. The maximum absolute atomic E-state index is 3.24. The molecule has 2 atom stereocenters. The molecule has 0 saturated carbocycles. The Bertz CT molecular complexity index is 156. The van der Waals surface area contributed by atoms with Gasteiger partial charge in [0.05, 0.1) is 0 Å². The van der Waals surface area contributed by atoms with E-state index in [4.69, 9.17) is 0 Å². The molecule has 0 bridgehead atoms. The van der Waals surface area contributed by atoms with E-state index >= 15 is 0 Å². The molecule has 0 aromatic carbocycles. The minimum absolute atomic E-state index is 0.748. The Morgan fingerprint density at radius 3 is 2.64 bits per heavy atom. The lowest BCUT2D eigenvalue weighted by atomic mass is 10.0. The van der Waals surface area contributed by atoms with Crippen LogP contribution in [-0.4, -0.2) is 37.1 Å². The van der Waals surface area contributed by atoms with Gasteiger partial charge >= 0.3 is 0 Å². The second kappa shape index (κ2) is 5.72. The lowest BCUT2D eigenvalue weighted by Gasteiger charge is -2.33. The Hall–Kier alpha value is -0.0800. The SMILES string of the molecule is CNCCC(C)N1CCCC1C(C)C. The van der Waals surface area contributed by atoms with Crippen molar-refractivity contribution >= 4 is 0 Å². The smallest absolute Gasteiger partial charge is 0.0121 e. The zero-order valence-corrected chi connectivity index (χ0v) is 10.2. The van der Waals surface area contributed by atoms with E-state index in [0.717, 1.165) is 24.5 Å². The first-order chi connectivity index (χ1) is 6.66. The quantitative estimate of drug-likeness (QED) is 0.728. The predicted molar refractivity (Wildman–Crippen MR) is 62.6 cm³/mol. The van der Waals surface area contributed by atoms with Crippen molar-refractivity contribution in [2.45, 2.75) is 52.1 Å². The molecule has 1 rings (SSSR count). The van der Waals surface area contributed by atoms with Crippen LogP contribution in [-0.2, 0) is 0 Å². The maximum Gasteiger partial charge on any atom is 0.0121 e. The van der Waals surface area contributed by atoms with Gasteiger partial charge in [-0.1, -0.05) is 13.8 Å². The highest BCUT2D eigenvalue weighted by molar-refractivity contribution is 4.85. The third-order valence-corrected chi connectivity index (χ3v) is 3.49. The number of nitrogens with one attached hydrogen (secondary N) is 1. The average molecular weight is 198 g/mol.